The quantitative estimate of drug-likeness (QED) is 0.517. The zero-order valence-corrected chi connectivity index (χ0v) is 8.60. The van der Waals surface area contributed by atoms with Gasteiger partial charge in [0.05, 0.1) is 0 Å². The van der Waals surface area contributed by atoms with Crippen LogP contribution in [0.25, 0.3) is 0 Å². The number of hydrogen-bond acceptors (Lipinski definition) is 0. The fourth-order valence-corrected chi connectivity index (χ4v) is 3.09. The van der Waals surface area contributed by atoms with E-state index in [1.165, 1.54) is 0 Å². The molecule has 0 saturated carbocycles. The van der Waals surface area contributed by atoms with Gasteiger partial charge in [0.1, 0.15) is 0 Å². The lowest BCUT2D eigenvalue weighted by molar-refractivity contribution is 0.0425. The van der Waals surface area contributed by atoms with E-state index in [0.717, 1.165) is 0 Å². The largest absolute Gasteiger partial charge is 0.266 e. The van der Waals surface area contributed by atoms with Crippen molar-refractivity contribution in [2.45, 2.75) is 36.7 Å². The van der Waals surface area contributed by atoms with Crippen LogP contribution in [0.4, 0.5) is 39.5 Å². The second-order valence-corrected chi connectivity index (χ2v) is 5.98. The zero-order valence-electron chi connectivity index (χ0n) is 7.44. The first-order valence-electron chi connectivity index (χ1n) is 3.96. The smallest absolute Gasteiger partial charge is 0.245 e. The molecule has 0 heterocycles. The third kappa shape index (κ3) is 3.87. The van der Waals surface area contributed by atoms with Crippen molar-refractivity contribution in [3.05, 3.63) is 0 Å². The predicted molar refractivity (Wildman–Crippen MR) is 39.8 cm³/mol. The average molecular weight is 278 g/mol. The molecule has 0 aliphatic carbocycles. The first-order valence-corrected chi connectivity index (χ1v) is 5.96. The summed E-state index contributed by atoms with van der Waals surface area (Å²) in [6, 6.07) is 0. The Labute approximate surface area is 86.0 Å². The highest BCUT2D eigenvalue weighted by Gasteiger charge is 2.50. The predicted octanol–water partition coefficient (Wildman–Crippen LogP) is 2.64. The highest BCUT2D eigenvalue weighted by atomic mass is 28.3. The Morgan fingerprint density at radius 2 is 0.625 bits per heavy atom. The summed E-state index contributed by atoms with van der Waals surface area (Å²) < 4.78 is 108. The van der Waals surface area contributed by atoms with Crippen LogP contribution in [-0.2, 0) is 0 Å². The Balaban J connectivity index is 4.89. The molecule has 0 aliphatic rings. The van der Waals surface area contributed by atoms with E-state index < -0.39 is 45.5 Å². The highest BCUT2D eigenvalue weighted by molar-refractivity contribution is 6.63. The van der Waals surface area contributed by atoms with Gasteiger partial charge in [0.2, 0.25) is 0 Å². The summed E-state index contributed by atoms with van der Waals surface area (Å²) in [6.07, 6.45) is -11.9. The van der Waals surface area contributed by atoms with Crippen molar-refractivity contribution in [2.75, 3.05) is 0 Å². The molecule has 0 rings (SSSR count). The second kappa shape index (κ2) is 6.35. The van der Waals surface area contributed by atoms with Gasteiger partial charge in [0.25, 0.3) is 19.3 Å². The lowest BCUT2D eigenvalue weighted by Crippen LogP contribution is -2.54. The molecular formula is C6H7F9Si. The molecule has 0 N–H and O–H groups in total. The Hall–Kier alpha value is -0.413. The minimum atomic E-state index is -4.94. The molecule has 0 fully saturated rings. The van der Waals surface area contributed by atoms with E-state index in [-0.39, 0.29) is 0 Å². The van der Waals surface area contributed by atoms with Crippen LogP contribution >= 0.6 is 0 Å². The summed E-state index contributed by atoms with van der Waals surface area (Å²) in [5.41, 5.74) is 0. The molecule has 10 heteroatoms. The molecule has 0 aliphatic heterocycles. The minimum absolute atomic E-state index is 3.58. The van der Waals surface area contributed by atoms with Gasteiger partial charge in [-0.05, 0) is 0 Å². The maximum Gasteiger partial charge on any atom is 0.266 e. The van der Waals surface area contributed by atoms with E-state index in [9.17, 15) is 39.5 Å². The molecule has 0 nitrogen and oxygen atoms in total. The van der Waals surface area contributed by atoms with Crippen molar-refractivity contribution in [1.82, 2.24) is 0 Å². The molecule has 16 heavy (non-hydrogen) atoms. The third-order valence-electron chi connectivity index (χ3n) is 1.83. The van der Waals surface area contributed by atoms with Gasteiger partial charge in [-0.15, -0.1) is 0 Å². The molecule has 0 amide bonds. The van der Waals surface area contributed by atoms with Crippen molar-refractivity contribution in [3.8, 4) is 0 Å². The van der Waals surface area contributed by atoms with Crippen LogP contribution in [0.1, 0.15) is 0 Å². The van der Waals surface area contributed by atoms with Crippen molar-refractivity contribution in [2.24, 2.45) is 0 Å². The third-order valence-corrected chi connectivity index (χ3v) is 4.90. The molecule has 0 bridgehead atoms. The Kier molecular flexibility index (Phi) is 6.19. The maximum atomic E-state index is 12.6. The standard InChI is InChI=1S/C6H7F9Si/c7-1(8)4(13)16(5(14)2(9)10)6(15)3(11)12/h1-6,16H. The van der Waals surface area contributed by atoms with Crippen LogP contribution in [-0.4, -0.2) is 45.5 Å². The molecule has 0 radical (unpaired) electrons. The van der Waals surface area contributed by atoms with Crippen LogP contribution < -0.4 is 0 Å². The molecule has 98 valence electrons. The first kappa shape index (κ1) is 15.6. The number of halogens is 9. The summed E-state index contributed by atoms with van der Waals surface area (Å²) in [6.45, 7) is 0. The molecule has 3 atom stereocenters. The summed E-state index contributed by atoms with van der Waals surface area (Å²) >= 11 is 0. The second-order valence-electron chi connectivity index (χ2n) is 2.91. The van der Waals surface area contributed by atoms with Gasteiger partial charge in [-0.2, -0.15) is 0 Å². The molecule has 0 aromatic rings. The van der Waals surface area contributed by atoms with Crippen molar-refractivity contribution in [3.63, 3.8) is 0 Å². The van der Waals surface area contributed by atoms with E-state index in [1.54, 1.807) is 0 Å². The Morgan fingerprint density at radius 1 is 0.438 bits per heavy atom. The van der Waals surface area contributed by atoms with Crippen molar-refractivity contribution >= 4 is 8.80 Å². The van der Waals surface area contributed by atoms with Gasteiger partial charge in [0, 0.05) is 0 Å². The van der Waals surface area contributed by atoms with E-state index >= 15 is 0 Å². The van der Waals surface area contributed by atoms with Crippen molar-refractivity contribution < 1.29 is 39.5 Å². The fourth-order valence-electron chi connectivity index (χ4n) is 1.03. The van der Waals surface area contributed by atoms with Gasteiger partial charge in [0.15, 0.2) is 26.2 Å². The summed E-state index contributed by atoms with van der Waals surface area (Å²) in [5, 5.41) is 0. The first-order chi connectivity index (χ1) is 7.20. The average Bonchev–Trinajstić information content (AvgIpc) is 2.16. The van der Waals surface area contributed by atoms with E-state index in [2.05, 4.69) is 0 Å². The van der Waals surface area contributed by atoms with E-state index in [4.69, 9.17) is 0 Å². The monoisotopic (exact) mass is 278 g/mol. The maximum absolute atomic E-state index is 12.6. The summed E-state index contributed by atoms with van der Waals surface area (Å²) in [7, 11) is -4.94. The van der Waals surface area contributed by atoms with Crippen LogP contribution in [0, 0.1) is 0 Å². The fraction of sp³-hybridized carbons (Fsp3) is 1.00. The van der Waals surface area contributed by atoms with Crippen LogP contribution in [0.15, 0.2) is 0 Å². The van der Waals surface area contributed by atoms with E-state index in [1.807, 2.05) is 0 Å². The van der Waals surface area contributed by atoms with E-state index in [0.29, 0.717) is 0 Å². The lowest BCUT2D eigenvalue weighted by Gasteiger charge is -2.24. The van der Waals surface area contributed by atoms with Crippen molar-refractivity contribution in [1.29, 1.82) is 0 Å². The molecule has 0 spiro atoms. The molecular weight excluding hydrogens is 271 g/mol. The highest BCUT2D eigenvalue weighted by Crippen LogP contribution is 2.25. The van der Waals surface area contributed by atoms with Gasteiger partial charge in [-0.3, -0.25) is 0 Å². The molecule has 0 saturated heterocycles. The summed E-state index contributed by atoms with van der Waals surface area (Å²) in [4.78, 5) is 0. The van der Waals surface area contributed by atoms with Gasteiger partial charge in [-0.1, -0.05) is 0 Å². The molecule has 0 aromatic heterocycles. The van der Waals surface area contributed by atoms with Gasteiger partial charge < -0.3 is 0 Å². The zero-order chi connectivity index (χ0) is 13.0. The molecule has 3 unspecified atom stereocenters. The van der Waals surface area contributed by atoms with Crippen LogP contribution in [0.2, 0.25) is 0 Å². The number of alkyl halides is 9. The van der Waals surface area contributed by atoms with Crippen LogP contribution in [0.3, 0.4) is 0 Å². The topological polar surface area (TPSA) is 0 Å². The normalized spacial score (nSPS) is 20.2. The number of rotatable bonds is 6. The lowest BCUT2D eigenvalue weighted by atomic mass is 10.7. The Bertz CT molecular complexity index is 165. The van der Waals surface area contributed by atoms with Gasteiger partial charge >= 0.3 is 0 Å². The Morgan fingerprint density at radius 3 is 0.750 bits per heavy atom. The summed E-state index contributed by atoms with van der Waals surface area (Å²) in [5.74, 6) is -10.7. The number of hydrogen-bond donors (Lipinski definition) is 0. The van der Waals surface area contributed by atoms with Gasteiger partial charge in [-0.25, -0.2) is 39.5 Å². The minimum Gasteiger partial charge on any atom is -0.245 e. The van der Waals surface area contributed by atoms with Crippen LogP contribution in [0.5, 0.6) is 0 Å². The molecule has 0 aromatic carbocycles. The SMILES string of the molecule is FC(F)C(F)[SiH](C(F)C(F)F)C(F)C(F)F.